The zero-order valence-corrected chi connectivity index (χ0v) is 34.9. The normalized spacial score (nSPS) is 16.9. The first-order valence-electron chi connectivity index (χ1n) is 20.3. The molecule has 0 unspecified atom stereocenters. The number of carbonyl (C=O) groups is 1. The maximum absolute atomic E-state index is 15.4. The van der Waals surface area contributed by atoms with Gasteiger partial charge in [-0.1, -0.05) is 42.4 Å². The molecular weight excluding hydrogens is 761 g/mol. The van der Waals surface area contributed by atoms with Crippen molar-refractivity contribution in [2.75, 3.05) is 6.61 Å². The van der Waals surface area contributed by atoms with Crippen molar-refractivity contribution in [2.45, 2.75) is 91.8 Å². The monoisotopic (exact) mass is 810 g/mol. The summed E-state index contributed by atoms with van der Waals surface area (Å²) in [4.78, 5) is 15.4. The number of ketones is 1. The summed E-state index contributed by atoms with van der Waals surface area (Å²) in [7, 11) is 0. The number of fused-ring (bicyclic) bond motifs is 8. The maximum atomic E-state index is 15.4. The van der Waals surface area contributed by atoms with Crippen molar-refractivity contribution >= 4 is 22.8 Å². The zero-order valence-electron chi connectivity index (χ0n) is 34.9. The van der Waals surface area contributed by atoms with Gasteiger partial charge in [0.1, 0.15) is 57.5 Å². The summed E-state index contributed by atoms with van der Waals surface area (Å²) in [5.74, 6) is -0.697. The number of phenolic OH excluding ortho intramolecular Hbond substituents is 5. The van der Waals surface area contributed by atoms with Crippen molar-refractivity contribution in [3.63, 3.8) is 0 Å². The molecule has 3 aliphatic rings. The lowest BCUT2D eigenvalue weighted by molar-refractivity contribution is 0.103. The lowest BCUT2D eigenvalue weighted by Gasteiger charge is -2.28. The number of aromatic hydroxyl groups is 5. The first-order chi connectivity index (χ1) is 28.6. The van der Waals surface area contributed by atoms with Crippen LogP contribution in [-0.4, -0.2) is 43.5 Å². The Hall–Kier alpha value is -6.55. The summed E-state index contributed by atoms with van der Waals surface area (Å²) in [5, 5.41) is 57.1. The highest BCUT2D eigenvalue weighted by atomic mass is 16.5. The summed E-state index contributed by atoms with van der Waals surface area (Å²) in [6.07, 6.45) is 12.8. The number of allylic oxidation sites excluding steroid dienone is 6. The molecule has 5 N–H and O–H groups in total. The first kappa shape index (κ1) is 40.2. The average molecular weight is 811 g/mol. The minimum Gasteiger partial charge on any atom is -0.508 e. The number of phenols is 5. The topological polar surface area (TPSA) is 159 Å². The number of hydrogen-bond donors (Lipinski definition) is 5. The minimum absolute atomic E-state index is 0.0131. The summed E-state index contributed by atoms with van der Waals surface area (Å²) in [6, 6.07) is 9.38. The molecule has 0 spiro atoms. The van der Waals surface area contributed by atoms with Gasteiger partial charge in [-0.15, -0.1) is 0 Å². The van der Waals surface area contributed by atoms with Crippen LogP contribution in [0.1, 0.15) is 116 Å². The van der Waals surface area contributed by atoms with Gasteiger partial charge in [0.25, 0.3) is 0 Å². The van der Waals surface area contributed by atoms with E-state index in [-0.39, 0.29) is 86.9 Å². The molecular formula is C50H50O10. The molecule has 0 saturated carbocycles. The Balaban J connectivity index is 1.34. The molecule has 5 aromatic rings. The van der Waals surface area contributed by atoms with Crippen LogP contribution in [0, 0.1) is 0 Å². The largest absolute Gasteiger partial charge is 0.508 e. The molecule has 0 bridgehead atoms. The second-order valence-corrected chi connectivity index (χ2v) is 16.9. The van der Waals surface area contributed by atoms with Gasteiger partial charge in [-0.25, -0.2) is 0 Å². The van der Waals surface area contributed by atoms with E-state index in [0.717, 1.165) is 28.7 Å². The van der Waals surface area contributed by atoms with Crippen molar-refractivity contribution in [3.05, 3.63) is 122 Å². The van der Waals surface area contributed by atoms with E-state index >= 15 is 4.79 Å². The highest BCUT2D eigenvalue weighted by Crippen LogP contribution is 2.56. The van der Waals surface area contributed by atoms with Crippen LogP contribution in [0.5, 0.6) is 46.0 Å². The van der Waals surface area contributed by atoms with Gasteiger partial charge in [0.15, 0.2) is 11.5 Å². The summed E-state index contributed by atoms with van der Waals surface area (Å²) in [6.45, 7) is 13.8. The highest BCUT2D eigenvalue weighted by Gasteiger charge is 2.44. The van der Waals surface area contributed by atoms with E-state index in [1.165, 1.54) is 12.1 Å². The molecule has 4 aromatic carbocycles. The SMILES string of the molecule is CC/C=C/Cc1cc(-c2oc3c4c(c(O)cc3c2C(=O)c2cc3c(c(CC=C(C)C)c2O)O[C@H]2c5cc(CC=C(C)C)c(O)cc5OC[C@@H]32)OC(C)(C)C=C4)c(O)cc1O. The third-order valence-corrected chi connectivity index (χ3v) is 11.4. The van der Waals surface area contributed by atoms with Crippen LogP contribution in [0.25, 0.3) is 28.4 Å². The van der Waals surface area contributed by atoms with E-state index in [1.54, 1.807) is 24.3 Å². The van der Waals surface area contributed by atoms with Crippen LogP contribution >= 0.6 is 0 Å². The zero-order chi connectivity index (χ0) is 42.8. The van der Waals surface area contributed by atoms with E-state index in [4.69, 9.17) is 18.6 Å². The number of furan rings is 1. The first-order valence-corrected chi connectivity index (χ1v) is 20.3. The molecule has 0 radical (unpaired) electrons. The van der Waals surface area contributed by atoms with Crippen LogP contribution in [0.3, 0.4) is 0 Å². The van der Waals surface area contributed by atoms with Gasteiger partial charge in [0.05, 0.1) is 34.8 Å². The van der Waals surface area contributed by atoms with Crippen molar-refractivity contribution in [3.8, 4) is 57.3 Å². The van der Waals surface area contributed by atoms with Crippen LogP contribution in [-0.2, 0) is 19.3 Å². The Labute approximate surface area is 349 Å². The Kier molecular flexibility index (Phi) is 10.2. The quantitative estimate of drug-likeness (QED) is 0.0679. The molecule has 310 valence electrons. The van der Waals surface area contributed by atoms with Crippen LogP contribution < -0.4 is 14.2 Å². The molecule has 2 atom stereocenters. The molecule has 10 heteroatoms. The Morgan fingerprint density at radius 1 is 0.800 bits per heavy atom. The number of ether oxygens (including phenoxy) is 3. The Morgan fingerprint density at radius 3 is 2.25 bits per heavy atom. The highest BCUT2D eigenvalue weighted by molar-refractivity contribution is 6.22. The van der Waals surface area contributed by atoms with E-state index in [0.29, 0.717) is 46.6 Å². The predicted octanol–water partition coefficient (Wildman–Crippen LogP) is 11.2. The van der Waals surface area contributed by atoms with E-state index in [1.807, 2.05) is 84.9 Å². The molecule has 0 fully saturated rings. The fraction of sp³-hybridized carbons (Fsp3) is 0.300. The number of carbonyl (C=O) groups excluding carboxylic acids is 1. The van der Waals surface area contributed by atoms with Crippen molar-refractivity contribution in [1.29, 1.82) is 0 Å². The number of benzene rings is 4. The van der Waals surface area contributed by atoms with Crippen molar-refractivity contribution in [2.24, 2.45) is 0 Å². The van der Waals surface area contributed by atoms with Gasteiger partial charge in [-0.05, 0) is 115 Å². The van der Waals surface area contributed by atoms with E-state index < -0.39 is 17.5 Å². The lowest BCUT2D eigenvalue weighted by atomic mass is 9.85. The summed E-state index contributed by atoms with van der Waals surface area (Å²) >= 11 is 0. The number of rotatable bonds is 10. The fourth-order valence-electron chi connectivity index (χ4n) is 8.24. The van der Waals surface area contributed by atoms with E-state index in [9.17, 15) is 25.5 Å². The van der Waals surface area contributed by atoms with Gasteiger partial charge < -0.3 is 44.2 Å². The molecule has 0 amide bonds. The van der Waals surface area contributed by atoms with Crippen LogP contribution in [0.15, 0.2) is 82.3 Å². The Bertz CT molecular complexity index is 2710. The van der Waals surface area contributed by atoms with E-state index in [2.05, 4.69) is 0 Å². The average Bonchev–Trinajstić information content (AvgIpc) is 3.75. The molecule has 0 saturated heterocycles. The van der Waals surface area contributed by atoms with Gasteiger partial charge in [0.2, 0.25) is 5.78 Å². The molecule has 8 rings (SSSR count). The number of hydrogen-bond acceptors (Lipinski definition) is 10. The van der Waals surface area contributed by atoms with Gasteiger partial charge in [-0.2, -0.15) is 0 Å². The molecule has 1 aromatic heterocycles. The minimum atomic E-state index is -0.739. The fourth-order valence-corrected chi connectivity index (χ4v) is 8.24. The second kappa shape index (κ2) is 15.2. The third kappa shape index (κ3) is 7.03. The standard InChI is InChI=1S/C50H50O10/c1-8-9-10-11-27-18-32(39(53)22-37(27)51)49-42(34-21-40(54)48-30(46(34)59-49)16-17-50(6,7)60-48)44(56)35-20-31-36-24-57-41-23-38(52)28(14-12-25(2)3)19-33(41)47(36)58-45(31)29(43(35)55)15-13-26(4)5/h9-10,12-13,16-23,36,47,51-55H,8,11,14-15,24H2,1-7H3/b10-9+/t36-,47-/m0/s1. The summed E-state index contributed by atoms with van der Waals surface area (Å²) < 4.78 is 25.8. The molecule has 3 aliphatic heterocycles. The maximum Gasteiger partial charge on any atom is 0.201 e. The van der Waals surface area contributed by atoms with Crippen molar-refractivity contribution < 1.29 is 49.0 Å². The third-order valence-electron chi connectivity index (χ3n) is 11.4. The van der Waals surface area contributed by atoms with Gasteiger partial charge in [-0.3, -0.25) is 4.79 Å². The van der Waals surface area contributed by atoms with Crippen LogP contribution in [0.4, 0.5) is 0 Å². The van der Waals surface area contributed by atoms with Gasteiger partial charge in [0, 0.05) is 34.2 Å². The Morgan fingerprint density at radius 2 is 1.52 bits per heavy atom. The molecule has 60 heavy (non-hydrogen) atoms. The van der Waals surface area contributed by atoms with Crippen LogP contribution in [0.2, 0.25) is 0 Å². The summed E-state index contributed by atoms with van der Waals surface area (Å²) in [5.41, 5.74) is 5.16. The molecule has 10 nitrogen and oxygen atoms in total. The predicted molar refractivity (Wildman–Crippen MR) is 231 cm³/mol. The molecule has 4 heterocycles. The smallest absolute Gasteiger partial charge is 0.201 e. The van der Waals surface area contributed by atoms with Crippen molar-refractivity contribution in [1.82, 2.24) is 0 Å². The molecule has 0 aliphatic carbocycles. The van der Waals surface area contributed by atoms with Gasteiger partial charge >= 0.3 is 0 Å². The lowest BCUT2D eigenvalue weighted by Crippen LogP contribution is -2.27. The second-order valence-electron chi connectivity index (χ2n) is 16.9.